The van der Waals surface area contributed by atoms with Gasteiger partial charge < -0.3 is 9.47 Å². The third-order valence-corrected chi connectivity index (χ3v) is 6.51. The second-order valence-electron chi connectivity index (χ2n) is 7.24. The van der Waals surface area contributed by atoms with Crippen molar-refractivity contribution in [1.29, 1.82) is 0 Å². The Morgan fingerprint density at radius 2 is 1.52 bits per heavy atom. The van der Waals surface area contributed by atoms with Crippen molar-refractivity contribution in [2.24, 2.45) is 7.05 Å². The first-order valence-electron chi connectivity index (χ1n) is 10.4. The third-order valence-electron chi connectivity index (χ3n) is 5.51. The molecule has 0 unspecified atom stereocenters. The lowest BCUT2D eigenvalue weighted by Gasteiger charge is -2.21. The lowest BCUT2D eigenvalue weighted by Crippen LogP contribution is -2.31. The molecule has 1 aliphatic rings. The molecular formula is C23H25N5O2S. The highest BCUT2D eigenvalue weighted by Gasteiger charge is 2.34. The van der Waals surface area contributed by atoms with Gasteiger partial charge in [-0.05, 0) is 50.2 Å². The van der Waals surface area contributed by atoms with Gasteiger partial charge in [0, 0.05) is 43.7 Å². The van der Waals surface area contributed by atoms with Gasteiger partial charge in [0.15, 0.2) is 11.0 Å². The molecular weight excluding hydrogens is 410 g/mol. The number of amides is 2. The number of hydrogen-bond acceptors (Lipinski definition) is 6. The van der Waals surface area contributed by atoms with Crippen LogP contribution in [0.25, 0.3) is 11.4 Å². The number of carbonyl (C=O) groups excluding carboxylic acids is 2. The van der Waals surface area contributed by atoms with Gasteiger partial charge in [0.2, 0.25) is 0 Å². The van der Waals surface area contributed by atoms with Crippen LogP contribution >= 0.6 is 11.8 Å². The molecule has 2 aromatic carbocycles. The summed E-state index contributed by atoms with van der Waals surface area (Å²) < 4.78 is 1.94. The van der Waals surface area contributed by atoms with Gasteiger partial charge in [-0.25, -0.2) is 0 Å². The average molecular weight is 436 g/mol. The van der Waals surface area contributed by atoms with E-state index in [1.807, 2.05) is 11.6 Å². The highest BCUT2D eigenvalue weighted by molar-refractivity contribution is 7.99. The zero-order valence-corrected chi connectivity index (χ0v) is 18.7. The predicted octanol–water partition coefficient (Wildman–Crippen LogP) is 3.72. The van der Waals surface area contributed by atoms with E-state index >= 15 is 0 Å². The maximum absolute atomic E-state index is 12.5. The van der Waals surface area contributed by atoms with Crippen LogP contribution < -0.4 is 4.90 Å². The highest BCUT2D eigenvalue weighted by atomic mass is 32.2. The second kappa shape index (κ2) is 8.93. The number of rotatable bonds is 8. The largest absolute Gasteiger partial charge is 0.372 e. The molecule has 2 heterocycles. The Bertz CT molecular complexity index is 1070. The van der Waals surface area contributed by atoms with E-state index in [1.165, 1.54) is 22.3 Å². The monoisotopic (exact) mass is 435 g/mol. The molecule has 0 saturated carbocycles. The van der Waals surface area contributed by atoms with E-state index in [9.17, 15) is 9.59 Å². The molecule has 1 aromatic heterocycles. The van der Waals surface area contributed by atoms with Crippen LogP contribution in [0, 0.1) is 0 Å². The molecule has 0 saturated heterocycles. The van der Waals surface area contributed by atoms with Crippen molar-refractivity contribution >= 4 is 29.3 Å². The maximum atomic E-state index is 12.5. The van der Waals surface area contributed by atoms with Crippen LogP contribution in [0.1, 0.15) is 34.6 Å². The molecule has 0 bridgehead atoms. The van der Waals surface area contributed by atoms with Gasteiger partial charge in [-0.1, -0.05) is 23.9 Å². The molecule has 4 rings (SSSR count). The Morgan fingerprint density at radius 3 is 2.10 bits per heavy atom. The van der Waals surface area contributed by atoms with E-state index in [2.05, 4.69) is 53.2 Å². The first kappa shape index (κ1) is 21.1. The van der Waals surface area contributed by atoms with E-state index in [0.29, 0.717) is 23.4 Å². The Balaban J connectivity index is 1.41. The summed E-state index contributed by atoms with van der Waals surface area (Å²) in [4.78, 5) is 28.6. The summed E-state index contributed by atoms with van der Waals surface area (Å²) in [7, 11) is 1.93. The van der Waals surface area contributed by atoms with Crippen LogP contribution in [-0.2, 0) is 7.05 Å². The fourth-order valence-electron chi connectivity index (χ4n) is 3.77. The van der Waals surface area contributed by atoms with E-state index in [0.717, 1.165) is 29.6 Å². The second-order valence-corrected chi connectivity index (χ2v) is 8.30. The Labute approximate surface area is 186 Å². The number of benzene rings is 2. The predicted molar refractivity (Wildman–Crippen MR) is 123 cm³/mol. The van der Waals surface area contributed by atoms with Crippen LogP contribution in [0.3, 0.4) is 0 Å². The van der Waals surface area contributed by atoms with Crippen molar-refractivity contribution in [3.63, 3.8) is 0 Å². The minimum atomic E-state index is -0.229. The first-order valence-corrected chi connectivity index (χ1v) is 11.4. The van der Waals surface area contributed by atoms with E-state index < -0.39 is 0 Å². The summed E-state index contributed by atoms with van der Waals surface area (Å²) >= 11 is 1.48. The molecule has 3 aromatic rings. The average Bonchev–Trinajstić information content (AvgIpc) is 3.28. The maximum Gasteiger partial charge on any atom is 0.261 e. The molecule has 0 aliphatic carbocycles. The molecule has 8 heteroatoms. The van der Waals surface area contributed by atoms with Gasteiger partial charge >= 0.3 is 0 Å². The molecule has 160 valence electrons. The van der Waals surface area contributed by atoms with Gasteiger partial charge in [-0.15, -0.1) is 10.2 Å². The van der Waals surface area contributed by atoms with Crippen molar-refractivity contribution in [3.05, 3.63) is 59.7 Å². The summed E-state index contributed by atoms with van der Waals surface area (Å²) in [5.74, 6) is 0.883. The van der Waals surface area contributed by atoms with Gasteiger partial charge in [-0.2, -0.15) is 0 Å². The Morgan fingerprint density at radius 1 is 0.903 bits per heavy atom. The summed E-state index contributed by atoms with van der Waals surface area (Å²) in [5.41, 5.74) is 3.14. The molecule has 31 heavy (non-hydrogen) atoms. The van der Waals surface area contributed by atoms with Crippen LogP contribution in [0.4, 0.5) is 5.69 Å². The third kappa shape index (κ3) is 3.95. The van der Waals surface area contributed by atoms with E-state index in [4.69, 9.17) is 0 Å². The summed E-state index contributed by atoms with van der Waals surface area (Å²) in [6, 6.07) is 15.3. The van der Waals surface area contributed by atoms with Crippen LogP contribution in [0.5, 0.6) is 0 Å². The summed E-state index contributed by atoms with van der Waals surface area (Å²) in [6.07, 6.45) is 0. The fourth-order valence-corrected chi connectivity index (χ4v) is 4.61. The van der Waals surface area contributed by atoms with Crippen LogP contribution in [0.2, 0.25) is 0 Å². The topological polar surface area (TPSA) is 71.3 Å². The number of carbonyl (C=O) groups is 2. The molecule has 0 atom stereocenters. The molecule has 0 fully saturated rings. The van der Waals surface area contributed by atoms with E-state index in [-0.39, 0.29) is 11.8 Å². The van der Waals surface area contributed by atoms with Gasteiger partial charge in [0.1, 0.15) is 0 Å². The Hall–Kier alpha value is -3.13. The number of nitrogens with zero attached hydrogens (tertiary/aromatic N) is 5. The number of hydrogen-bond donors (Lipinski definition) is 0. The first-order chi connectivity index (χ1) is 15.0. The van der Waals surface area contributed by atoms with Crippen LogP contribution in [0.15, 0.2) is 53.7 Å². The number of thioether (sulfide) groups is 1. The molecule has 2 amide bonds. The highest BCUT2D eigenvalue weighted by Crippen LogP contribution is 2.26. The van der Waals surface area contributed by atoms with Gasteiger partial charge in [-0.3, -0.25) is 14.5 Å². The zero-order chi connectivity index (χ0) is 22.0. The molecule has 1 aliphatic heterocycles. The zero-order valence-electron chi connectivity index (χ0n) is 17.9. The fraction of sp³-hybridized carbons (Fsp3) is 0.304. The minimum Gasteiger partial charge on any atom is -0.372 e. The van der Waals surface area contributed by atoms with Crippen molar-refractivity contribution in [1.82, 2.24) is 19.7 Å². The van der Waals surface area contributed by atoms with Gasteiger partial charge in [0.25, 0.3) is 11.8 Å². The number of anilines is 1. The number of aromatic nitrogens is 3. The summed E-state index contributed by atoms with van der Waals surface area (Å²) in [6.45, 7) is 6.55. The van der Waals surface area contributed by atoms with Gasteiger partial charge in [0.05, 0.1) is 11.1 Å². The Kier molecular flexibility index (Phi) is 6.08. The summed E-state index contributed by atoms with van der Waals surface area (Å²) in [5, 5.41) is 9.39. The smallest absolute Gasteiger partial charge is 0.261 e. The molecule has 0 spiro atoms. The minimum absolute atomic E-state index is 0.229. The lowest BCUT2D eigenvalue weighted by molar-refractivity contribution is 0.0664. The molecule has 7 nitrogen and oxygen atoms in total. The van der Waals surface area contributed by atoms with Crippen molar-refractivity contribution in [2.75, 3.05) is 30.3 Å². The van der Waals surface area contributed by atoms with E-state index in [1.54, 1.807) is 24.3 Å². The number of imide groups is 1. The standard InChI is InChI=1S/C23H25N5O2S/c1-4-27(5-2)17-12-10-16(11-13-17)20-24-25-23(26(20)3)31-15-14-28-21(29)18-8-6-7-9-19(18)22(28)30/h6-13H,4-5,14-15H2,1-3H3. The normalized spacial score (nSPS) is 13.1. The quantitative estimate of drug-likeness (QED) is 0.397. The molecule has 0 radical (unpaired) electrons. The lowest BCUT2D eigenvalue weighted by atomic mass is 10.1. The van der Waals surface area contributed by atoms with Crippen molar-refractivity contribution in [3.8, 4) is 11.4 Å². The molecule has 0 N–H and O–H groups in total. The number of fused-ring (bicyclic) bond motifs is 1. The van der Waals surface area contributed by atoms with Crippen molar-refractivity contribution in [2.45, 2.75) is 19.0 Å². The van der Waals surface area contributed by atoms with Crippen LogP contribution in [-0.4, -0.2) is 56.9 Å². The SMILES string of the molecule is CCN(CC)c1ccc(-c2nnc(SCCN3C(=O)c4ccccc4C3=O)n2C)cc1. The van der Waals surface area contributed by atoms with Crippen molar-refractivity contribution < 1.29 is 9.59 Å².